The molecule has 5 atom stereocenters. The number of hydrogen-bond donors (Lipinski definition) is 2. The summed E-state index contributed by atoms with van der Waals surface area (Å²) >= 11 is 0. The van der Waals surface area contributed by atoms with E-state index in [-0.39, 0.29) is 48.0 Å². The highest BCUT2D eigenvalue weighted by Gasteiger charge is 2.61. The Morgan fingerprint density at radius 1 is 0.943 bits per heavy atom. The van der Waals surface area contributed by atoms with E-state index >= 15 is 0 Å². The SMILES string of the molecule is O=C(NCC1CCCC1C(=O)N1C[C@@H]2C(C(=O)O)[C@@H]2C1)OCC1c2ccccc2-c2ccccc21. The molecule has 2 saturated carbocycles. The van der Waals surface area contributed by atoms with Gasteiger partial charge in [0.25, 0.3) is 0 Å². The van der Waals surface area contributed by atoms with Gasteiger partial charge in [-0.3, -0.25) is 9.59 Å². The predicted octanol–water partition coefficient (Wildman–Crippen LogP) is 3.73. The largest absolute Gasteiger partial charge is 0.481 e. The molecule has 0 bridgehead atoms. The monoisotopic (exact) mass is 474 g/mol. The molecule has 7 heteroatoms. The molecule has 2 aromatic carbocycles. The van der Waals surface area contributed by atoms with E-state index in [9.17, 15) is 19.5 Å². The van der Waals surface area contributed by atoms with E-state index in [4.69, 9.17) is 4.74 Å². The molecule has 3 fully saturated rings. The Bertz CT molecular complexity index is 1120. The molecule has 182 valence electrons. The van der Waals surface area contributed by atoms with Crippen molar-refractivity contribution in [1.29, 1.82) is 0 Å². The normalized spacial score (nSPS) is 28.2. The molecule has 6 rings (SSSR count). The zero-order valence-corrected chi connectivity index (χ0v) is 19.6. The molecule has 3 aliphatic carbocycles. The summed E-state index contributed by atoms with van der Waals surface area (Å²) in [4.78, 5) is 38.8. The number of ether oxygens (including phenoxy) is 1. The van der Waals surface area contributed by atoms with Crippen LogP contribution in [0.5, 0.6) is 0 Å². The Morgan fingerprint density at radius 3 is 2.20 bits per heavy atom. The third-order valence-electron chi connectivity index (χ3n) is 8.62. The first-order valence-electron chi connectivity index (χ1n) is 12.6. The van der Waals surface area contributed by atoms with Crippen LogP contribution in [0.3, 0.4) is 0 Å². The lowest BCUT2D eigenvalue weighted by molar-refractivity contribution is -0.142. The minimum Gasteiger partial charge on any atom is -0.481 e. The third-order valence-corrected chi connectivity index (χ3v) is 8.62. The molecular formula is C28H30N2O5. The molecule has 35 heavy (non-hydrogen) atoms. The second kappa shape index (κ2) is 8.70. The second-order valence-electron chi connectivity index (χ2n) is 10.4. The van der Waals surface area contributed by atoms with Crippen LogP contribution in [0.2, 0.25) is 0 Å². The van der Waals surface area contributed by atoms with E-state index in [1.807, 2.05) is 29.2 Å². The van der Waals surface area contributed by atoms with Gasteiger partial charge in [0.05, 0.1) is 5.92 Å². The van der Waals surface area contributed by atoms with Crippen LogP contribution >= 0.6 is 0 Å². The first-order chi connectivity index (χ1) is 17.0. The summed E-state index contributed by atoms with van der Waals surface area (Å²) in [6.45, 7) is 1.81. The van der Waals surface area contributed by atoms with Crippen LogP contribution in [0.4, 0.5) is 4.79 Å². The molecule has 0 aromatic heterocycles. The van der Waals surface area contributed by atoms with Crippen molar-refractivity contribution < 1.29 is 24.2 Å². The third kappa shape index (κ3) is 3.87. The highest BCUT2D eigenvalue weighted by atomic mass is 16.5. The predicted molar refractivity (Wildman–Crippen MR) is 129 cm³/mol. The van der Waals surface area contributed by atoms with Crippen molar-refractivity contribution in [3.05, 3.63) is 59.7 Å². The van der Waals surface area contributed by atoms with Crippen molar-refractivity contribution >= 4 is 18.0 Å². The van der Waals surface area contributed by atoms with E-state index in [0.29, 0.717) is 19.6 Å². The van der Waals surface area contributed by atoms with Crippen LogP contribution in [-0.4, -0.2) is 54.2 Å². The lowest BCUT2D eigenvalue weighted by Crippen LogP contribution is -2.41. The van der Waals surface area contributed by atoms with Gasteiger partial charge in [0.1, 0.15) is 6.61 Å². The van der Waals surface area contributed by atoms with Crippen LogP contribution in [0.25, 0.3) is 11.1 Å². The van der Waals surface area contributed by atoms with Crippen molar-refractivity contribution in [3.63, 3.8) is 0 Å². The van der Waals surface area contributed by atoms with E-state index in [1.165, 1.54) is 22.3 Å². The van der Waals surface area contributed by atoms with Gasteiger partial charge in [0.15, 0.2) is 0 Å². The van der Waals surface area contributed by atoms with Crippen LogP contribution in [-0.2, 0) is 14.3 Å². The van der Waals surface area contributed by atoms with Crippen LogP contribution in [0.15, 0.2) is 48.5 Å². The molecule has 3 unspecified atom stereocenters. The van der Waals surface area contributed by atoms with Crippen LogP contribution < -0.4 is 5.32 Å². The molecule has 1 saturated heterocycles. The van der Waals surface area contributed by atoms with E-state index < -0.39 is 12.1 Å². The number of likely N-dealkylation sites (tertiary alicyclic amines) is 1. The lowest BCUT2D eigenvalue weighted by Gasteiger charge is -2.26. The summed E-state index contributed by atoms with van der Waals surface area (Å²) in [5, 5.41) is 12.1. The van der Waals surface area contributed by atoms with Gasteiger partial charge in [-0.1, -0.05) is 55.0 Å². The highest BCUT2D eigenvalue weighted by molar-refractivity contribution is 5.82. The topological polar surface area (TPSA) is 95.9 Å². The van der Waals surface area contributed by atoms with Crippen molar-refractivity contribution in [1.82, 2.24) is 10.2 Å². The first kappa shape index (κ1) is 22.1. The maximum absolute atomic E-state index is 13.1. The molecule has 1 aliphatic heterocycles. The van der Waals surface area contributed by atoms with Crippen molar-refractivity contribution in [2.75, 3.05) is 26.2 Å². The Hall–Kier alpha value is -3.35. The Balaban J connectivity index is 1.02. The molecule has 0 radical (unpaired) electrons. The quantitative estimate of drug-likeness (QED) is 0.665. The fourth-order valence-electron chi connectivity index (χ4n) is 6.78. The molecule has 2 aromatic rings. The number of carbonyl (C=O) groups is 3. The molecule has 7 nitrogen and oxygen atoms in total. The number of hydrogen-bond acceptors (Lipinski definition) is 4. The molecular weight excluding hydrogens is 444 g/mol. The lowest BCUT2D eigenvalue weighted by atomic mass is 9.94. The van der Waals surface area contributed by atoms with E-state index in [2.05, 4.69) is 29.6 Å². The fourth-order valence-corrected chi connectivity index (χ4v) is 6.78. The zero-order chi connectivity index (χ0) is 24.1. The molecule has 0 spiro atoms. The number of nitrogens with zero attached hydrogens (tertiary/aromatic N) is 1. The number of amides is 2. The maximum Gasteiger partial charge on any atom is 0.407 e. The van der Waals surface area contributed by atoms with Crippen molar-refractivity contribution in [2.24, 2.45) is 29.6 Å². The van der Waals surface area contributed by atoms with Gasteiger partial charge in [-0.15, -0.1) is 0 Å². The summed E-state index contributed by atoms with van der Waals surface area (Å²) in [5.41, 5.74) is 4.74. The summed E-state index contributed by atoms with van der Waals surface area (Å²) in [5.74, 6) is -0.638. The number of fused-ring (bicyclic) bond motifs is 4. The number of aliphatic carboxylic acids is 1. The standard InChI is InChI=1S/C28H30N2O5/c31-26(30-13-22-23(14-30)25(22)27(32)33)17-11-5-6-16(17)12-29-28(34)35-15-24-20-9-3-1-7-18(20)19-8-2-4-10-21(19)24/h1-4,7-10,16-17,22-25H,5-6,11-15H2,(H,29,34)(H,32,33)/t16?,17?,22-,23+,25?. The molecule has 1 heterocycles. The average Bonchev–Trinajstić information content (AvgIpc) is 3.22. The Morgan fingerprint density at radius 2 is 1.57 bits per heavy atom. The number of carboxylic acids is 1. The van der Waals surface area contributed by atoms with Gasteiger partial charge in [0, 0.05) is 31.5 Å². The van der Waals surface area contributed by atoms with Gasteiger partial charge in [-0.2, -0.15) is 0 Å². The molecule has 2 N–H and O–H groups in total. The molecule has 2 amide bonds. The number of nitrogens with one attached hydrogen (secondary N) is 1. The number of carbonyl (C=O) groups excluding carboxylic acids is 2. The van der Waals surface area contributed by atoms with Crippen molar-refractivity contribution in [3.8, 4) is 11.1 Å². The van der Waals surface area contributed by atoms with Crippen LogP contribution in [0.1, 0.15) is 36.3 Å². The summed E-state index contributed by atoms with van der Waals surface area (Å²) in [6.07, 6.45) is 2.24. The smallest absolute Gasteiger partial charge is 0.407 e. The number of carboxylic acid groups (broad SMARTS) is 1. The van der Waals surface area contributed by atoms with Gasteiger partial charge in [0.2, 0.25) is 5.91 Å². The average molecular weight is 475 g/mol. The van der Waals surface area contributed by atoms with Gasteiger partial charge in [-0.05, 0) is 52.8 Å². The van der Waals surface area contributed by atoms with Gasteiger partial charge < -0.3 is 20.1 Å². The summed E-state index contributed by atoms with van der Waals surface area (Å²) < 4.78 is 5.65. The molecule has 4 aliphatic rings. The number of rotatable bonds is 6. The summed E-state index contributed by atoms with van der Waals surface area (Å²) in [7, 11) is 0. The maximum atomic E-state index is 13.1. The van der Waals surface area contributed by atoms with Crippen LogP contribution in [0, 0.1) is 29.6 Å². The van der Waals surface area contributed by atoms with E-state index in [1.54, 1.807) is 0 Å². The van der Waals surface area contributed by atoms with Crippen molar-refractivity contribution in [2.45, 2.75) is 25.2 Å². The summed E-state index contributed by atoms with van der Waals surface area (Å²) in [6, 6.07) is 16.5. The highest BCUT2D eigenvalue weighted by Crippen LogP contribution is 2.52. The Kier molecular flexibility index (Phi) is 5.50. The number of alkyl carbamates (subject to hydrolysis) is 1. The van der Waals surface area contributed by atoms with Gasteiger partial charge >= 0.3 is 12.1 Å². The van der Waals surface area contributed by atoms with E-state index in [0.717, 1.165) is 19.3 Å². The first-order valence-corrected chi connectivity index (χ1v) is 12.6. The fraction of sp³-hybridized carbons (Fsp3) is 0.464. The second-order valence-corrected chi connectivity index (χ2v) is 10.4. The minimum atomic E-state index is -0.738. The van der Waals surface area contributed by atoms with Gasteiger partial charge in [-0.25, -0.2) is 4.79 Å². The zero-order valence-electron chi connectivity index (χ0n) is 19.6. The minimum absolute atomic E-state index is 0.0187. The number of benzene rings is 2. The number of piperidine rings is 1. The Labute approximate surface area is 204 Å².